The molecule has 0 radical (unpaired) electrons. The van der Waals surface area contributed by atoms with Gasteiger partial charge in [0.1, 0.15) is 17.6 Å². The summed E-state index contributed by atoms with van der Waals surface area (Å²) in [6, 6.07) is 15.8. The Morgan fingerprint density at radius 3 is 2.09 bits per heavy atom. The molecule has 0 saturated carbocycles. The van der Waals surface area contributed by atoms with Gasteiger partial charge in [-0.05, 0) is 54.4 Å². The second kappa shape index (κ2) is 16.5. The van der Waals surface area contributed by atoms with Crippen LogP contribution >= 0.6 is 23.2 Å². The standard InChI is InChI=1S/C38H42Cl2N6O6S/c1-5-26-23-32(52-6-2)31(24-33(26)53(49,50)42(3)4)37-41-35(27-7-11-29(39)12-8-27)36(28-9-13-30(40)14-10-28)46(37)38(48)45-17-15-43(16-18-45)25-34(47)44-19-21-51-22-20-44/h1,7-14,23-24,35-36H,6,15-22,25H2,2-4H3/t35-,36+/m0/s1. The number of terminal acetylenes is 1. The number of carbonyl (C=O) groups excluding carboxylic acids is 2. The van der Waals surface area contributed by atoms with Crippen molar-refractivity contribution < 1.29 is 27.5 Å². The molecule has 15 heteroatoms. The van der Waals surface area contributed by atoms with Gasteiger partial charge in [-0.2, -0.15) is 0 Å². The Balaban J connectivity index is 1.44. The number of amides is 3. The van der Waals surface area contributed by atoms with E-state index in [0.29, 0.717) is 68.1 Å². The van der Waals surface area contributed by atoms with Crippen LogP contribution in [0.15, 0.2) is 70.6 Å². The Morgan fingerprint density at radius 1 is 0.925 bits per heavy atom. The number of nitrogens with zero attached hydrogens (tertiary/aromatic N) is 6. The monoisotopic (exact) mass is 780 g/mol. The minimum atomic E-state index is -4.03. The van der Waals surface area contributed by atoms with Crippen molar-refractivity contribution in [3.05, 3.63) is 93.0 Å². The molecule has 0 spiro atoms. The largest absolute Gasteiger partial charge is 0.493 e. The third-order valence-electron chi connectivity index (χ3n) is 9.60. The number of rotatable bonds is 9. The van der Waals surface area contributed by atoms with Crippen molar-refractivity contribution >= 4 is 51.0 Å². The van der Waals surface area contributed by atoms with E-state index in [0.717, 1.165) is 15.4 Å². The first-order valence-electron chi connectivity index (χ1n) is 17.4. The van der Waals surface area contributed by atoms with Crippen LogP contribution in [-0.2, 0) is 19.6 Å². The van der Waals surface area contributed by atoms with Crippen LogP contribution in [0.1, 0.15) is 41.3 Å². The van der Waals surface area contributed by atoms with Gasteiger partial charge < -0.3 is 19.3 Å². The number of carbonyl (C=O) groups is 2. The number of morpholine rings is 1. The highest BCUT2D eigenvalue weighted by molar-refractivity contribution is 7.89. The molecule has 3 aromatic carbocycles. The van der Waals surface area contributed by atoms with Crippen LogP contribution in [0.25, 0.3) is 0 Å². The smallest absolute Gasteiger partial charge is 0.326 e. The Hall–Kier alpha value is -4.16. The predicted octanol–water partition coefficient (Wildman–Crippen LogP) is 4.76. The summed E-state index contributed by atoms with van der Waals surface area (Å²) in [5, 5.41) is 1.07. The lowest BCUT2D eigenvalue weighted by Gasteiger charge is -2.39. The lowest BCUT2D eigenvalue weighted by atomic mass is 9.93. The van der Waals surface area contributed by atoms with Gasteiger partial charge in [-0.25, -0.2) is 17.5 Å². The van der Waals surface area contributed by atoms with Gasteiger partial charge in [0.25, 0.3) is 0 Å². The van der Waals surface area contributed by atoms with E-state index in [1.54, 1.807) is 41.0 Å². The summed E-state index contributed by atoms with van der Waals surface area (Å²) in [7, 11) is -1.18. The fourth-order valence-electron chi connectivity index (χ4n) is 6.74. The highest BCUT2D eigenvalue weighted by Crippen LogP contribution is 2.46. The van der Waals surface area contributed by atoms with Crippen LogP contribution < -0.4 is 4.74 Å². The van der Waals surface area contributed by atoms with E-state index < -0.39 is 22.1 Å². The van der Waals surface area contributed by atoms with Gasteiger partial charge in [-0.1, -0.05) is 53.4 Å². The summed E-state index contributed by atoms with van der Waals surface area (Å²) < 4.78 is 39.9. The van der Waals surface area contributed by atoms with Crippen LogP contribution in [0, 0.1) is 12.3 Å². The average Bonchev–Trinajstić information content (AvgIpc) is 3.56. The molecular formula is C38H42Cl2N6O6S. The van der Waals surface area contributed by atoms with Gasteiger partial charge in [0.05, 0.1) is 42.9 Å². The predicted molar refractivity (Wildman–Crippen MR) is 204 cm³/mol. The number of aliphatic imine (C=N–C) groups is 1. The molecule has 0 aliphatic carbocycles. The van der Waals surface area contributed by atoms with E-state index in [9.17, 15) is 13.2 Å². The summed E-state index contributed by atoms with van der Waals surface area (Å²) >= 11 is 12.6. The molecular weight excluding hydrogens is 739 g/mol. The molecule has 3 heterocycles. The van der Waals surface area contributed by atoms with Crippen LogP contribution in [0.5, 0.6) is 5.75 Å². The van der Waals surface area contributed by atoms with Crippen molar-refractivity contribution in [2.75, 3.05) is 79.7 Å². The molecule has 53 heavy (non-hydrogen) atoms. The number of piperazine rings is 1. The lowest BCUT2D eigenvalue weighted by Crippen LogP contribution is -2.56. The van der Waals surface area contributed by atoms with Crippen molar-refractivity contribution in [2.45, 2.75) is 23.9 Å². The topological polar surface area (TPSA) is 115 Å². The molecule has 280 valence electrons. The van der Waals surface area contributed by atoms with E-state index in [2.05, 4.69) is 10.8 Å². The van der Waals surface area contributed by atoms with Crippen molar-refractivity contribution in [1.82, 2.24) is 23.9 Å². The Morgan fingerprint density at radius 2 is 1.53 bits per heavy atom. The highest BCUT2D eigenvalue weighted by Gasteiger charge is 2.45. The van der Waals surface area contributed by atoms with E-state index >= 15 is 4.79 Å². The van der Waals surface area contributed by atoms with Gasteiger partial charge in [0.2, 0.25) is 15.9 Å². The number of benzene rings is 3. The third-order valence-corrected chi connectivity index (χ3v) is 12.0. The summed E-state index contributed by atoms with van der Waals surface area (Å²) in [5.41, 5.74) is 1.96. The Bertz CT molecular complexity index is 2010. The molecule has 0 N–H and O–H groups in total. The van der Waals surface area contributed by atoms with Crippen LogP contribution in [-0.4, -0.2) is 130 Å². The fourth-order valence-corrected chi connectivity index (χ4v) is 8.05. The molecule has 3 aliphatic heterocycles. The SMILES string of the molecule is C#Cc1cc(OCC)c(C2=N[C@@H](c3ccc(Cl)cc3)[C@@H](c3ccc(Cl)cc3)N2C(=O)N2CCN(CC(=O)N3CCOCC3)CC2)cc1S(=O)(=O)N(C)C. The second-order valence-electron chi connectivity index (χ2n) is 13.1. The number of hydrogen-bond acceptors (Lipinski definition) is 8. The van der Waals surface area contributed by atoms with Crippen molar-refractivity contribution in [1.29, 1.82) is 0 Å². The number of urea groups is 1. The minimum absolute atomic E-state index is 0.0398. The number of halogens is 2. The molecule has 6 rings (SSSR count). The summed E-state index contributed by atoms with van der Waals surface area (Å²) in [5.74, 6) is 3.05. The van der Waals surface area contributed by atoms with Gasteiger partial charge in [-0.3, -0.25) is 19.6 Å². The molecule has 0 bridgehead atoms. The van der Waals surface area contributed by atoms with Gasteiger partial charge in [0, 0.05) is 69.0 Å². The normalized spacial score (nSPS) is 19.6. The third kappa shape index (κ3) is 8.18. The zero-order chi connectivity index (χ0) is 37.9. The molecule has 2 atom stereocenters. The van der Waals surface area contributed by atoms with Gasteiger partial charge in [-0.15, -0.1) is 6.42 Å². The minimum Gasteiger partial charge on any atom is -0.493 e. The first-order chi connectivity index (χ1) is 25.4. The maximum absolute atomic E-state index is 15.0. The number of sulfonamides is 1. The van der Waals surface area contributed by atoms with E-state index in [1.807, 2.05) is 29.2 Å². The first-order valence-corrected chi connectivity index (χ1v) is 19.6. The second-order valence-corrected chi connectivity index (χ2v) is 16.1. The summed E-state index contributed by atoms with van der Waals surface area (Å²) in [6.07, 6.45) is 5.85. The molecule has 3 aliphatic rings. The van der Waals surface area contributed by atoms with Crippen molar-refractivity contribution in [3.63, 3.8) is 0 Å². The zero-order valence-electron chi connectivity index (χ0n) is 29.9. The molecule has 3 amide bonds. The fraction of sp³-hybridized carbons (Fsp3) is 0.395. The lowest BCUT2D eigenvalue weighted by molar-refractivity contribution is -0.136. The summed E-state index contributed by atoms with van der Waals surface area (Å²) in [6.45, 7) is 6.17. The maximum atomic E-state index is 15.0. The maximum Gasteiger partial charge on any atom is 0.326 e. The molecule has 2 fully saturated rings. The molecule has 2 saturated heterocycles. The van der Waals surface area contributed by atoms with Crippen molar-refractivity contribution in [3.8, 4) is 18.1 Å². The molecule has 0 aromatic heterocycles. The Kier molecular flexibility index (Phi) is 12.0. The quantitative estimate of drug-likeness (QED) is 0.288. The van der Waals surface area contributed by atoms with Crippen LogP contribution in [0.4, 0.5) is 4.79 Å². The zero-order valence-corrected chi connectivity index (χ0v) is 32.2. The first kappa shape index (κ1) is 38.6. The Labute approximate surface area is 320 Å². The van der Waals surface area contributed by atoms with Crippen LogP contribution in [0.2, 0.25) is 10.0 Å². The van der Waals surface area contributed by atoms with Gasteiger partial charge >= 0.3 is 6.03 Å². The van der Waals surface area contributed by atoms with Crippen molar-refractivity contribution in [2.24, 2.45) is 4.99 Å². The molecule has 12 nitrogen and oxygen atoms in total. The summed E-state index contributed by atoms with van der Waals surface area (Å²) in [4.78, 5) is 40.4. The van der Waals surface area contributed by atoms with Crippen LogP contribution in [0.3, 0.4) is 0 Å². The van der Waals surface area contributed by atoms with E-state index in [-0.39, 0.29) is 47.1 Å². The molecule has 0 unspecified atom stereocenters. The van der Waals surface area contributed by atoms with Gasteiger partial charge in [0.15, 0.2) is 0 Å². The average molecular weight is 782 g/mol. The van der Waals surface area contributed by atoms with E-state index in [4.69, 9.17) is 44.1 Å². The highest BCUT2D eigenvalue weighted by atomic mass is 35.5. The number of ether oxygens (including phenoxy) is 2. The molecule has 3 aromatic rings. The number of hydrogen-bond donors (Lipinski definition) is 0. The number of amidine groups is 1. The van der Waals surface area contributed by atoms with E-state index in [1.165, 1.54) is 26.2 Å².